The lowest BCUT2D eigenvalue weighted by Crippen LogP contribution is -2.08. The van der Waals surface area contributed by atoms with Crippen molar-refractivity contribution in [1.82, 2.24) is 4.37 Å². The fourth-order valence-corrected chi connectivity index (χ4v) is 2.28. The standard InChI is InChI=1S/C6H6FNO4S2/c1-2-12-6(9)5-4(3-13-8-5)14(7,10)11/h3H,2H2,1H3. The maximum Gasteiger partial charge on any atom is 0.359 e. The number of hydrogen-bond donors (Lipinski definition) is 0. The molecular formula is C6H6FNO4S2. The zero-order valence-electron chi connectivity index (χ0n) is 7.06. The van der Waals surface area contributed by atoms with Crippen molar-refractivity contribution in [3.63, 3.8) is 0 Å². The Labute approximate surface area is 83.9 Å². The van der Waals surface area contributed by atoms with Crippen molar-refractivity contribution in [2.24, 2.45) is 0 Å². The largest absolute Gasteiger partial charge is 0.461 e. The molecule has 78 valence electrons. The monoisotopic (exact) mass is 239 g/mol. The minimum Gasteiger partial charge on any atom is -0.461 e. The highest BCUT2D eigenvalue weighted by atomic mass is 32.3. The summed E-state index contributed by atoms with van der Waals surface area (Å²) in [6.07, 6.45) is 0. The van der Waals surface area contributed by atoms with Gasteiger partial charge in [0.2, 0.25) is 0 Å². The van der Waals surface area contributed by atoms with Crippen LogP contribution in [0.3, 0.4) is 0 Å². The van der Waals surface area contributed by atoms with Crippen LogP contribution in [0.2, 0.25) is 0 Å². The lowest BCUT2D eigenvalue weighted by Gasteiger charge is -1.98. The first kappa shape index (κ1) is 11.1. The molecule has 0 saturated heterocycles. The minimum absolute atomic E-state index is 0.0716. The van der Waals surface area contributed by atoms with Crippen molar-refractivity contribution >= 4 is 27.7 Å². The van der Waals surface area contributed by atoms with E-state index in [0.29, 0.717) is 11.5 Å². The second-order valence-electron chi connectivity index (χ2n) is 2.19. The number of aromatic nitrogens is 1. The second kappa shape index (κ2) is 4.01. The molecule has 5 nitrogen and oxygen atoms in total. The number of hydrogen-bond acceptors (Lipinski definition) is 6. The van der Waals surface area contributed by atoms with E-state index in [1.54, 1.807) is 6.92 Å². The normalized spacial score (nSPS) is 11.3. The summed E-state index contributed by atoms with van der Waals surface area (Å²) in [5, 5.41) is 0.946. The highest BCUT2D eigenvalue weighted by Crippen LogP contribution is 2.19. The Morgan fingerprint density at radius 2 is 2.36 bits per heavy atom. The third kappa shape index (κ3) is 2.26. The summed E-state index contributed by atoms with van der Waals surface area (Å²) in [7, 11) is -4.91. The Balaban J connectivity index is 3.12. The average molecular weight is 239 g/mol. The molecule has 0 aliphatic rings. The van der Waals surface area contributed by atoms with Crippen molar-refractivity contribution in [2.75, 3.05) is 6.61 Å². The molecule has 0 fully saturated rings. The highest BCUT2D eigenvalue weighted by molar-refractivity contribution is 7.86. The molecule has 0 unspecified atom stereocenters. The van der Waals surface area contributed by atoms with Crippen LogP contribution in [0.4, 0.5) is 3.89 Å². The zero-order chi connectivity index (χ0) is 10.8. The molecule has 0 atom stereocenters. The molecule has 0 saturated carbocycles. The van der Waals surface area contributed by atoms with Crippen LogP contribution in [-0.4, -0.2) is 25.4 Å². The number of rotatable bonds is 3. The molecule has 1 rings (SSSR count). The van der Waals surface area contributed by atoms with Gasteiger partial charge in [-0.2, -0.15) is 12.8 Å². The van der Waals surface area contributed by atoms with Gasteiger partial charge in [0.1, 0.15) is 4.90 Å². The second-order valence-corrected chi connectivity index (χ2v) is 4.13. The van der Waals surface area contributed by atoms with Crippen LogP contribution in [-0.2, 0) is 15.0 Å². The lowest BCUT2D eigenvalue weighted by atomic mass is 10.4. The van der Waals surface area contributed by atoms with Crippen molar-refractivity contribution in [2.45, 2.75) is 11.8 Å². The first-order chi connectivity index (χ1) is 6.46. The van der Waals surface area contributed by atoms with Gasteiger partial charge in [-0.05, 0) is 18.5 Å². The van der Waals surface area contributed by atoms with Crippen LogP contribution in [0, 0.1) is 0 Å². The summed E-state index contributed by atoms with van der Waals surface area (Å²) in [5.74, 6) is -0.940. The van der Waals surface area contributed by atoms with Gasteiger partial charge in [0.25, 0.3) is 0 Å². The molecule has 1 aromatic rings. The topological polar surface area (TPSA) is 73.3 Å². The smallest absolute Gasteiger partial charge is 0.359 e. The van der Waals surface area contributed by atoms with Gasteiger partial charge in [0, 0.05) is 5.38 Å². The van der Waals surface area contributed by atoms with Crippen LogP contribution in [0.5, 0.6) is 0 Å². The van der Waals surface area contributed by atoms with Crippen LogP contribution in [0.1, 0.15) is 17.4 Å². The Kier molecular flexibility index (Phi) is 3.17. The Morgan fingerprint density at radius 3 is 2.86 bits per heavy atom. The first-order valence-electron chi connectivity index (χ1n) is 3.53. The third-order valence-corrected chi connectivity index (χ3v) is 2.88. The number of carbonyl (C=O) groups is 1. The summed E-state index contributed by atoms with van der Waals surface area (Å²) < 4.78 is 41.5. The molecule has 0 bridgehead atoms. The van der Waals surface area contributed by atoms with E-state index in [0.717, 1.165) is 5.38 Å². The summed E-state index contributed by atoms with van der Waals surface area (Å²) in [6, 6.07) is 0. The van der Waals surface area contributed by atoms with Gasteiger partial charge in [0.15, 0.2) is 5.69 Å². The molecule has 1 aromatic heterocycles. The Hall–Kier alpha value is -1.02. The summed E-state index contributed by atoms with van der Waals surface area (Å²) >= 11 is 0.677. The number of esters is 1. The Morgan fingerprint density at radius 1 is 1.71 bits per heavy atom. The number of ether oxygens (including phenoxy) is 1. The van der Waals surface area contributed by atoms with Gasteiger partial charge in [-0.1, -0.05) is 0 Å². The van der Waals surface area contributed by atoms with E-state index in [1.165, 1.54) is 0 Å². The minimum atomic E-state index is -4.91. The van der Waals surface area contributed by atoms with E-state index in [4.69, 9.17) is 0 Å². The molecule has 0 aliphatic carbocycles. The fraction of sp³-hybridized carbons (Fsp3) is 0.333. The molecule has 0 aromatic carbocycles. The zero-order valence-corrected chi connectivity index (χ0v) is 8.69. The first-order valence-corrected chi connectivity index (χ1v) is 5.75. The quantitative estimate of drug-likeness (QED) is 0.580. The van der Waals surface area contributed by atoms with Crippen LogP contribution < -0.4 is 0 Å². The highest BCUT2D eigenvalue weighted by Gasteiger charge is 2.25. The summed E-state index contributed by atoms with van der Waals surface area (Å²) in [4.78, 5) is 10.3. The molecular weight excluding hydrogens is 233 g/mol. The van der Waals surface area contributed by atoms with Crippen molar-refractivity contribution < 1.29 is 21.8 Å². The predicted molar refractivity (Wildman–Crippen MR) is 46.4 cm³/mol. The molecule has 0 aliphatic heterocycles. The van der Waals surface area contributed by atoms with Crippen molar-refractivity contribution in [1.29, 1.82) is 0 Å². The van der Waals surface area contributed by atoms with E-state index in [9.17, 15) is 17.1 Å². The van der Waals surface area contributed by atoms with Crippen molar-refractivity contribution in [3.8, 4) is 0 Å². The van der Waals surface area contributed by atoms with Crippen LogP contribution >= 0.6 is 11.5 Å². The van der Waals surface area contributed by atoms with Gasteiger partial charge in [-0.25, -0.2) is 4.79 Å². The van der Waals surface area contributed by atoms with E-state index in [1.807, 2.05) is 0 Å². The molecule has 1 heterocycles. The van der Waals surface area contributed by atoms with Crippen LogP contribution in [0.25, 0.3) is 0 Å². The van der Waals surface area contributed by atoms with E-state index < -0.39 is 26.8 Å². The molecule has 0 N–H and O–H groups in total. The predicted octanol–water partition coefficient (Wildman–Crippen LogP) is 0.978. The third-order valence-electron chi connectivity index (χ3n) is 1.27. The fourth-order valence-electron chi connectivity index (χ4n) is 0.738. The number of nitrogens with zero attached hydrogens (tertiary/aromatic N) is 1. The summed E-state index contributed by atoms with van der Waals surface area (Å²) in [5.41, 5.74) is -0.501. The molecule has 8 heteroatoms. The van der Waals surface area contributed by atoms with E-state index in [-0.39, 0.29) is 6.61 Å². The van der Waals surface area contributed by atoms with Gasteiger partial charge >= 0.3 is 16.2 Å². The van der Waals surface area contributed by atoms with Gasteiger partial charge in [-0.15, -0.1) is 3.89 Å². The van der Waals surface area contributed by atoms with E-state index in [2.05, 4.69) is 9.11 Å². The Bertz CT molecular complexity index is 438. The SMILES string of the molecule is CCOC(=O)c1nscc1S(=O)(=O)F. The van der Waals surface area contributed by atoms with Gasteiger partial charge in [0.05, 0.1) is 6.61 Å². The van der Waals surface area contributed by atoms with Crippen LogP contribution in [0.15, 0.2) is 10.3 Å². The summed E-state index contributed by atoms with van der Waals surface area (Å²) in [6.45, 7) is 1.62. The lowest BCUT2D eigenvalue weighted by molar-refractivity contribution is 0.0516. The maximum absolute atomic E-state index is 12.5. The molecule has 0 radical (unpaired) electrons. The van der Waals surface area contributed by atoms with Gasteiger partial charge < -0.3 is 4.74 Å². The van der Waals surface area contributed by atoms with E-state index >= 15 is 0 Å². The number of halogens is 1. The van der Waals surface area contributed by atoms with Crippen molar-refractivity contribution in [3.05, 3.63) is 11.1 Å². The maximum atomic E-state index is 12.5. The molecule has 14 heavy (non-hydrogen) atoms. The molecule has 0 amide bonds. The average Bonchev–Trinajstić information content (AvgIpc) is 2.50. The molecule has 0 spiro atoms. The van der Waals surface area contributed by atoms with Gasteiger partial charge in [-0.3, -0.25) is 0 Å². The number of carbonyl (C=O) groups excluding carboxylic acids is 1.